The third kappa shape index (κ3) is 4.50. The van der Waals surface area contributed by atoms with Crippen molar-refractivity contribution in [3.63, 3.8) is 0 Å². The van der Waals surface area contributed by atoms with Crippen molar-refractivity contribution < 1.29 is 9.59 Å². The van der Waals surface area contributed by atoms with Gasteiger partial charge in [-0.1, -0.05) is 29.8 Å². The van der Waals surface area contributed by atoms with Gasteiger partial charge in [0.25, 0.3) is 0 Å². The van der Waals surface area contributed by atoms with Crippen LogP contribution in [-0.2, 0) is 16.0 Å². The maximum atomic E-state index is 12.6. The summed E-state index contributed by atoms with van der Waals surface area (Å²) < 4.78 is 0. The van der Waals surface area contributed by atoms with Gasteiger partial charge in [-0.3, -0.25) is 9.59 Å². The van der Waals surface area contributed by atoms with Crippen LogP contribution in [0.3, 0.4) is 0 Å². The number of hydrogen-bond donors (Lipinski definition) is 1. The maximum Gasteiger partial charge on any atom is 0.228 e. The molecule has 0 bridgehead atoms. The fourth-order valence-electron chi connectivity index (χ4n) is 3.35. The molecule has 2 amide bonds. The Balaban J connectivity index is 1.30. The third-order valence-electron chi connectivity index (χ3n) is 5.13. The summed E-state index contributed by atoms with van der Waals surface area (Å²) >= 11 is 7.74. The number of amides is 2. The Labute approximate surface area is 167 Å². The number of aromatic nitrogens is 1. The number of benzene rings is 1. The molecule has 2 aliphatic rings. The second-order valence-electron chi connectivity index (χ2n) is 7.24. The van der Waals surface area contributed by atoms with Crippen molar-refractivity contribution in [3.05, 3.63) is 40.4 Å². The lowest BCUT2D eigenvalue weighted by molar-refractivity contribution is -0.131. The van der Waals surface area contributed by atoms with Crippen LogP contribution in [-0.4, -0.2) is 40.8 Å². The number of hydrogen-bond acceptors (Lipinski definition) is 4. The maximum absolute atomic E-state index is 12.6. The molecule has 2 heterocycles. The summed E-state index contributed by atoms with van der Waals surface area (Å²) in [5, 5.41) is 6.55. The molecule has 7 heteroatoms. The van der Waals surface area contributed by atoms with Crippen LogP contribution in [0.2, 0.25) is 5.02 Å². The average Bonchev–Trinajstić information content (AvgIpc) is 3.43. The van der Waals surface area contributed by atoms with E-state index in [2.05, 4.69) is 10.3 Å². The predicted octanol–water partition coefficient (Wildman–Crippen LogP) is 3.52. The van der Waals surface area contributed by atoms with Crippen LogP contribution in [0, 0.1) is 5.92 Å². The summed E-state index contributed by atoms with van der Waals surface area (Å²) in [4.78, 5) is 30.9. The van der Waals surface area contributed by atoms with E-state index in [1.165, 1.54) is 11.3 Å². The second-order valence-corrected chi connectivity index (χ2v) is 8.50. The molecule has 0 atom stereocenters. The molecule has 1 saturated heterocycles. The highest BCUT2D eigenvalue weighted by atomic mass is 35.5. The minimum Gasteiger partial charge on any atom is -0.353 e. The first-order chi connectivity index (χ1) is 13.1. The van der Waals surface area contributed by atoms with E-state index < -0.39 is 0 Å². The van der Waals surface area contributed by atoms with Crippen molar-refractivity contribution in [2.24, 2.45) is 5.92 Å². The van der Waals surface area contributed by atoms with Crippen molar-refractivity contribution in [1.82, 2.24) is 15.2 Å². The highest BCUT2D eigenvalue weighted by molar-refractivity contribution is 7.13. The van der Waals surface area contributed by atoms with E-state index in [9.17, 15) is 9.59 Å². The van der Waals surface area contributed by atoms with Crippen LogP contribution < -0.4 is 5.32 Å². The fourth-order valence-corrected chi connectivity index (χ4v) is 4.49. The number of carbonyl (C=O) groups excluding carboxylic acids is 2. The summed E-state index contributed by atoms with van der Waals surface area (Å²) in [6.45, 7) is 1.38. The smallest absolute Gasteiger partial charge is 0.228 e. The first-order valence-corrected chi connectivity index (χ1v) is 10.6. The molecule has 2 aromatic rings. The van der Waals surface area contributed by atoms with Crippen LogP contribution in [0.4, 0.5) is 0 Å². The normalized spacial score (nSPS) is 17.7. The quantitative estimate of drug-likeness (QED) is 0.830. The van der Waals surface area contributed by atoms with E-state index >= 15 is 0 Å². The molecule has 1 saturated carbocycles. The topological polar surface area (TPSA) is 62.3 Å². The molecule has 0 unspecified atom stereocenters. The average molecular weight is 404 g/mol. The summed E-state index contributed by atoms with van der Waals surface area (Å²) in [7, 11) is 0. The predicted molar refractivity (Wildman–Crippen MR) is 107 cm³/mol. The Morgan fingerprint density at radius 3 is 2.63 bits per heavy atom. The molecule has 1 aromatic carbocycles. The summed E-state index contributed by atoms with van der Waals surface area (Å²) in [5.41, 5.74) is 1.68. The van der Waals surface area contributed by atoms with Crippen LogP contribution >= 0.6 is 22.9 Å². The lowest BCUT2D eigenvalue weighted by atomic mass is 10.0. The number of halogens is 1. The Kier molecular flexibility index (Phi) is 5.45. The van der Waals surface area contributed by atoms with E-state index in [1.54, 1.807) is 0 Å². The molecule has 27 heavy (non-hydrogen) atoms. The zero-order valence-electron chi connectivity index (χ0n) is 15.0. The van der Waals surface area contributed by atoms with Gasteiger partial charge < -0.3 is 10.2 Å². The number of carbonyl (C=O) groups is 2. The Morgan fingerprint density at radius 2 is 1.93 bits per heavy atom. The molecule has 1 N–H and O–H groups in total. The zero-order chi connectivity index (χ0) is 18.8. The Hall–Kier alpha value is -1.92. The number of piperidine rings is 1. The molecule has 4 rings (SSSR count). The molecule has 5 nitrogen and oxygen atoms in total. The molecule has 142 valence electrons. The molecule has 0 radical (unpaired) electrons. The van der Waals surface area contributed by atoms with E-state index in [4.69, 9.17) is 11.6 Å². The number of nitrogens with zero attached hydrogens (tertiary/aromatic N) is 2. The standard InChI is InChI=1S/C20H22ClN3O2S/c21-17-4-2-1-3-16(17)20-23-15(12-27-20)11-18(25)24-9-7-14(8-10-24)22-19(26)13-5-6-13/h1-4,12-14H,5-11H2,(H,22,26). The van der Waals surface area contributed by atoms with E-state index in [0.29, 0.717) is 24.5 Å². The molecule has 1 aromatic heterocycles. The van der Waals surface area contributed by atoms with Gasteiger partial charge in [0.2, 0.25) is 11.8 Å². The van der Waals surface area contributed by atoms with Crippen LogP contribution in [0.1, 0.15) is 31.4 Å². The summed E-state index contributed by atoms with van der Waals surface area (Å²) in [6, 6.07) is 7.80. The number of rotatable bonds is 5. The second kappa shape index (κ2) is 7.98. The molecule has 0 spiro atoms. The molecule has 1 aliphatic heterocycles. The summed E-state index contributed by atoms with van der Waals surface area (Å²) in [6.07, 6.45) is 4.00. The van der Waals surface area contributed by atoms with Crippen LogP contribution in [0.5, 0.6) is 0 Å². The van der Waals surface area contributed by atoms with Crippen LogP contribution in [0.15, 0.2) is 29.6 Å². The third-order valence-corrected chi connectivity index (χ3v) is 6.38. The van der Waals surface area contributed by atoms with E-state index in [-0.39, 0.29) is 23.8 Å². The van der Waals surface area contributed by atoms with Crippen molar-refractivity contribution in [2.45, 2.75) is 38.1 Å². The first kappa shape index (κ1) is 18.4. The largest absolute Gasteiger partial charge is 0.353 e. The van der Waals surface area contributed by atoms with E-state index in [0.717, 1.165) is 41.9 Å². The van der Waals surface area contributed by atoms with Gasteiger partial charge in [0.1, 0.15) is 5.01 Å². The molecular weight excluding hydrogens is 382 g/mol. The van der Waals surface area contributed by atoms with Gasteiger partial charge in [-0.05, 0) is 31.7 Å². The molecule has 2 fully saturated rings. The van der Waals surface area contributed by atoms with Gasteiger partial charge in [0, 0.05) is 36.0 Å². The van der Waals surface area contributed by atoms with Gasteiger partial charge in [-0.2, -0.15) is 0 Å². The van der Waals surface area contributed by atoms with Crippen molar-refractivity contribution in [2.75, 3.05) is 13.1 Å². The van der Waals surface area contributed by atoms with Crippen molar-refractivity contribution in [3.8, 4) is 10.6 Å². The number of nitrogens with one attached hydrogen (secondary N) is 1. The zero-order valence-corrected chi connectivity index (χ0v) is 16.6. The fraction of sp³-hybridized carbons (Fsp3) is 0.450. The first-order valence-electron chi connectivity index (χ1n) is 9.37. The molecular formula is C20H22ClN3O2S. The summed E-state index contributed by atoms with van der Waals surface area (Å²) in [5.74, 6) is 0.522. The monoisotopic (exact) mass is 403 g/mol. The number of likely N-dealkylation sites (tertiary alicyclic amines) is 1. The van der Waals surface area contributed by atoms with Gasteiger partial charge in [-0.25, -0.2) is 4.98 Å². The highest BCUT2D eigenvalue weighted by Gasteiger charge is 2.32. The van der Waals surface area contributed by atoms with Crippen LogP contribution in [0.25, 0.3) is 10.6 Å². The number of thiazole rings is 1. The Bertz CT molecular complexity index is 841. The Morgan fingerprint density at radius 1 is 1.19 bits per heavy atom. The van der Waals surface area contributed by atoms with Gasteiger partial charge >= 0.3 is 0 Å². The lowest BCUT2D eigenvalue weighted by Gasteiger charge is -2.32. The van der Waals surface area contributed by atoms with Gasteiger partial charge in [0.15, 0.2) is 0 Å². The van der Waals surface area contributed by atoms with Gasteiger partial charge in [-0.15, -0.1) is 11.3 Å². The van der Waals surface area contributed by atoms with E-state index in [1.807, 2.05) is 34.5 Å². The van der Waals surface area contributed by atoms with Crippen molar-refractivity contribution in [1.29, 1.82) is 0 Å². The minimum absolute atomic E-state index is 0.0954. The highest BCUT2D eigenvalue weighted by Crippen LogP contribution is 2.31. The van der Waals surface area contributed by atoms with Gasteiger partial charge in [0.05, 0.1) is 17.1 Å². The molecule has 1 aliphatic carbocycles. The minimum atomic E-state index is 0.0954. The van der Waals surface area contributed by atoms with Crippen molar-refractivity contribution >= 4 is 34.8 Å². The SMILES string of the molecule is O=C(NC1CCN(C(=O)Cc2csc(-c3ccccc3Cl)n2)CC1)C1CC1. The lowest BCUT2D eigenvalue weighted by Crippen LogP contribution is -2.47.